The van der Waals surface area contributed by atoms with Crippen molar-refractivity contribution < 1.29 is 14.6 Å². The highest BCUT2D eigenvalue weighted by molar-refractivity contribution is 6.18. The number of hydrogen-bond acceptors (Lipinski definition) is 3. The van der Waals surface area contributed by atoms with Gasteiger partial charge in [0.2, 0.25) is 0 Å². The second-order valence-electron chi connectivity index (χ2n) is 6.06. The van der Waals surface area contributed by atoms with E-state index in [4.69, 9.17) is 4.74 Å². The lowest BCUT2D eigenvalue weighted by atomic mass is 9.71. The van der Waals surface area contributed by atoms with Gasteiger partial charge in [0.25, 0.3) is 0 Å². The average Bonchev–Trinajstić information content (AvgIpc) is 2.29. The molecule has 1 aliphatic heterocycles. The van der Waals surface area contributed by atoms with E-state index in [0.717, 1.165) is 11.1 Å². The van der Waals surface area contributed by atoms with Crippen LogP contribution in [0.4, 0.5) is 0 Å². The van der Waals surface area contributed by atoms with Crippen molar-refractivity contribution in [2.75, 3.05) is 0 Å². The van der Waals surface area contributed by atoms with E-state index in [1.54, 1.807) is 0 Å². The summed E-state index contributed by atoms with van der Waals surface area (Å²) in [6, 6.07) is 7.49. The molecule has 0 fully saturated rings. The lowest BCUT2D eigenvalue weighted by molar-refractivity contribution is -0.164. The van der Waals surface area contributed by atoms with Crippen molar-refractivity contribution in [3.8, 4) is 0 Å². The fourth-order valence-corrected chi connectivity index (χ4v) is 2.20. The molecule has 0 bridgehead atoms. The van der Waals surface area contributed by atoms with E-state index in [1.807, 2.05) is 58.9 Å². The number of esters is 1. The van der Waals surface area contributed by atoms with Crippen molar-refractivity contribution in [3.63, 3.8) is 0 Å². The standard InChI is InChI=1S/C16H20O3/c1-10-8-6-7-9-11(10)12-13(17)15(2,3)16(4,5)19-14(12)18/h6-9,17H,1-5H3. The van der Waals surface area contributed by atoms with Crippen LogP contribution in [-0.4, -0.2) is 16.7 Å². The Morgan fingerprint density at radius 1 is 1.11 bits per heavy atom. The molecule has 0 amide bonds. The van der Waals surface area contributed by atoms with Gasteiger partial charge in [-0.1, -0.05) is 24.3 Å². The predicted octanol–water partition coefficient (Wildman–Crippen LogP) is 3.63. The molecule has 0 saturated heterocycles. The molecule has 0 spiro atoms. The zero-order valence-corrected chi connectivity index (χ0v) is 12.1. The number of hydrogen-bond donors (Lipinski definition) is 1. The van der Waals surface area contributed by atoms with Crippen molar-refractivity contribution in [3.05, 3.63) is 41.2 Å². The van der Waals surface area contributed by atoms with Crippen molar-refractivity contribution in [1.29, 1.82) is 0 Å². The van der Waals surface area contributed by atoms with Gasteiger partial charge in [0.15, 0.2) is 0 Å². The third-order valence-corrected chi connectivity index (χ3v) is 4.30. The zero-order chi connectivity index (χ0) is 14.4. The molecule has 1 N–H and O–H groups in total. The highest BCUT2D eigenvalue weighted by atomic mass is 16.6. The minimum Gasteiger partial charge on any atom is -0.511 e. The van der Waals surface area contributed by atoms with Crippen molar-refractivity contribution >= 4 is 11.5 Å². The molecule has 0 unspecified atom stereocenters. The molecule has 19 heavy (non-hydrogen) atoms. The number of rotatable bonds is 1. The molecule has 0 aromatic heterocycles. The highest BCUT2D eigenvalue weighted by Crippen LogP contribution is 2.47. The van der Waals surface area contributed by atoms with Crippen LogP contribution in [0.3, 0.4) is 0 Å². The minimum absolute atomic E-state index is 0.100. The first-order chi connectivity index (χ1) is 8.68. The number of aliphatic hydroxyl groups excluding tert-OH is 1. The molecule has 0 radical (unpaired) electrons. The molecule has 1 heterocycles. The van der Waals surface area contributed by atoms with Gasteiger partial charge in [-0.25, -0.2) is 4.79 Å². The zero-order valence-electron chi connectivity index (χ0n) is 12.1. The third-order valence-electron chi connectivity index (χ3n) is 4.30. The summed E-state index contributed by atoms with van der Waals surface area (Å²) in [4.78, 5) is 12.2. The maximum Gasteiger partial charge on any atom is 0.342 e. The van der Waals surface area contributed by atoms with Gasteiger partial charge in [-0.15, -0.1) is 0 Å². The number of cyclic esters (lactones) is 1. The molecular formula is C16H20O3. The number of ether oxygens (including phenoxy) is 1. The highest BCUT2D eigenvalue weighted by Gasteiger charge is 2.50. The van der Waals surface area contributed by atoms with Crippen LogP contribution in [-0.2, 0) is 9.53 Å². The number of aliphatic hydroxyl groups is 1. The van der Waals surface area contributed by atoms with Gasteiger partial charge in [-0.05, 0) is 45.7 Å². The molecule has 102 valence electrons. The fraction of sp³-hybridized carbons (Fsp3) is 0.438. The minimum atomic E-state index is -0.736. The maximum absolute atomic E-state index is 12.2. The summed E-state index contributed by atoms with van der Waals surface area (Å²) < 4.78 is 5.52. The molecular weight excluding hydrogens is 240 g/mol. The molecule has 1 aliphatic rings. The van der Waals surface area contributed by atoms with Gasteiger partial charge in [0, 0.05) is 0 Å². The fourth-order valence-electron chi connectivity index (χ4n) is 2.20. The van der Waals surface area contributed by atoms with Crippen LogP contribution in [0.5, 0.6) is 0 Å². The molecule has 3 nitrogen and oxygen atoms in total. The Balaban J connectivity index is 2.69. The van der Waals surface area contributed by atoms with Crippen LogP contribution in [0, 0.1) is 12.3 Å². The summed E-state index contributed by atoms with van der Waals surface area (Å²) in [5, 5.41) is 10.6. The van der Waals surface area contributed by atoms with Crippen molar-refractivity contribution in [1.82, 2.24) is 0 Å². The first kappa shape index (κ1) is 13.7. The Morgan fingerprint density at radius 3 is 2.26 bits per heavy atom. The second-order valence-corrected chi connectivity index (χ2v) is 6.06. The SMILES string of the molecule is Cc1ccccc1C1=C(O)C(C)(C)C(C)(C)OC1=O. The van der Waals surface area contributed by atoms with E-state index in [0.29, 0.717) is 0 Å². The van der Waals surface area contributed by atoms with Gasteiger partial charge in [0.1, 0.15) is 16.9 Å². The lowest BCUT2D eigenvalue weighted by Crippen LogP contribution is -2.48. The van der Waals surface area contributed by atoms with Gasteiger partial charge < -0.3 is 9.84 Å². The summed E-state index contributed by atoms with van der Waals surface area (Å²) in [5.41, 5.74) is 0.589. The van der Waals surface area contributed by atoms with E-state index < -0.39 is 17.0 Å². The van der Waals surface area contributed by atoms with Crippen LogP contribution in [0.25, 0.3) is 5.57 Å². The van der Waals surface area contributed by atoms with Crippen molar-refractivity contribution in [2.45, 2.75) is 40.2 Å². The van der Waals surface area contributed by atoms with Crippen LogP contribution in [0.2, 0.25) is 0 Å². The summed E-state index contributed by atoms with van der Waals surface area (Å²) in [6.07, 6.45) is 0. The van der Waals surface area contributed by atoms with Crippen LogP contribution >= 0.6 is 0 Å². The quantitative estimate of drug-likeness (QED) is 0.784. The predicted molar refractivity (Wildman–Crippen MR) is 74.7 cm³/mol. The summed E-state index contributed by atoms with van der Waals surface area (Å²) in [6.45, 7) is 9.31. The summed E-state index contributed by atoms with van der Waals surface area (Å²) in [7, 11) is 0. The van der Waals surface area contributed by atoms with Gasteiger partial charge in [-0.2, -0.15) is 0 Å². The van der Waals surface area contributed by atoms with Crippen molar-refractivity contribution in [2.24, 2.45) is 5.41 Å². The Morgan fingerprint density at radius 2 is 1.68 bits per heavy atom. The largest absolute Gasteiger partial charge is 0.511 e. The monoisotopic (exact) mass is 260 g/mol. The smallest absolute Gasteiger partial charge is 0.342 e. The first-order valence-electron chi connectivity index (χ1n) is 6.41. The van der Waals surface area contributed by atoms with E-state index in [9.17, 15) is 9.90 Å². The molecule has 1 aromatic carbocycles. The van der Waals surface area contributed by atoms with Gasteiger partial charge in [0.05, 0.1) is 5.41 Å². The number of carbonyl (C=O) groups is 1. The normalized spacial score (nSPS) is 21.2. The maximum atomic E-state index is 12.2. The summed E-state index contributed by atoms with van der Waals surface area (Å²) in [5.74, 6) is -0.362. The van der Waals surface area contributed by atoms with Gasteiger partial charge >= 0.3 is 5.97 Å². The van der Waals surface area contributed by atoms with Crippen LogP contribution < -0.4 is 0 Å². The molecule has 3 heteroatoms. The van der Waals surface area contributed by atoms with E-state index in [-0.39, 0.29) is 11.3 Å². The average molecular weight is 260 g/mol. The van der Waals surface area contributed by atoms with Gasteiger partial charge in [-0.3, -0.25) is 0 Å². The Kier molecular flexibility index (Phi) is 2.96. The number of benzene rings is 1. The topological polar surface area (TPSA) is 46.5 Å². The Bertz CT molecular complexity index is 565. The van der Waals surface area contributed by atoms with E-state index in [2.05, 4.69) is 0 Å². The number of aryl methyl sites for hydroxylation is 1. The lowest BCUT2D eigenvalue weighted by Gasteiger charge is -2.44. The van der Waals surface area contributed by atoms with Crippen LogP contribution in [0.1, 0.15) is 38.8 Å². The first-order valence-corrected chi connectivity index (χ1v) is 6.41. The Labute approximate surface area is 113 Å². The third kappa shape index (κ3) is 1.93. The van der Waals surface area contributed by atoms with Crippen LogP contribution in [0.15, 0.2) is 30.0 Å². The molecule has 0 saturated carbocycles. The molecule has 1 aromatic rings. The molecule has 2 rings (SSSR count). The number of carbonyl (C=O) groups excluding carboxylic acids is 1. The summed E-state index contributed by atoms with van der Waals surface area (Å²) >= 11 is 0. The second kappa shape index (κ2) is 4.12. The van der Waals surface area contributed by atoms with E-state index >= 15 is 0 Å². The molecule has 0 atom stereocenters. The van der Waals surface area contributed by atoms with E-state index in [1.165, 1.54) is 0 Å². The molecule has 0 aliphatic carbocycles. The Hall–Kier alpha value is -1.77.